The summed E-state index contributed by atoms with van der Waals surface area (Å²) in [6.07, 6.45) is -0.643. The van der Waals surface area contributed by atoms with Gasteiger partial charge >= 0.3 is 47.9 Å². The Labute approximate surface area is 807 Å². The van der Waals surface area contributed by atoms with Crippen LogP contribution in [0.4, 0.5) is 16.2 Å². The van der Waals surface area contributed by atoms with Gasteiger partial charge in [-0.05, 0) is 326 Å². The van der Waals surface area contributed by atoms with Crippen LogP contribution in [0.5, 0.6) is 40.2 Å². The fourth-order valence-electron chi connectivity index (χ4n) is 7.00. The number of ketones is 1. The lowest BCUT2D eigenvalue weighted by Crippen LogP contribution is -2.27. The van der Waals surface area contributed by atoms with Gasteiger partial charge in [0.25, 0.3) is 0 Å². The Morgan fingerprint density at radius 3 is 1.03 bits per heavy atom. The Hall–Kier alpha value is -4.70. The average Bonchev–Trinajstić information content (AvgIpc) is 0.497. The number of benzene rings is 7. The average molecular weight is 2770 g/mol. The van der Waals surface area contributed by atoms with Crippen molar-refractivity contribution in [3.8, 4) is 40.2 Å². The molecule has 40 nitrogen and oxygen atoms in total. The second-order valence-corrected chi connectivity index (χ2v) is 43.5. The van der Waals surface area contributed by atoms with Crippen molar-refractivity contribution >= 4 is 337 Å². The number of rotatable bonds is 23. The highest BCUT2D eigenvalue weighted by atomic mass is 127. The van der Waals surface area contributed by atoms with Crippen LogP contribution in [0.25, 0.3) is 0 Å². The fraction of sp³-hybridized carbons (Fsp3) is 0.203. The van der Waals surface area contributed by atoms with Crippen LogP contribution in [-0.4, -0.2) is 190 Å². The first-order chi connectivity index (χ1) is 54.9. The molecule has 0 spiro atoms. The Bertz CT molecular complexity index is 5460. The number of carbonyl (C=O) groups is 9. The van der Waals surface area contributed by atoms with Gasteiger partial charge in [0.1, 0.15) is 157 Å². The predicted molar refractivity (Wildman–Crippen MR) is 485 cm³/mol. The molecule has 666 valence electrons. The minimum absolute atomic E-state index is 0.0778. The normalized spacial score (nSPS) is 11.3. The van der Waals surface area contributed by atoms with E-state index in [-0.39, 0.29) is 46.0 Å². The Kier molecular flexibility index (Phi) is 49.1. The van der Waals surface area contributed by atoms with Gasteiger partial charge in [0.05, 0.1) is 17.9 Å². The molecule has 121 heavy (non-hydrogen) atoms. The summed E-state index contributed by atoms with van der Waals surface area (Å²) < 4.78 is 261. The molecule has 7 aromatic carbocycles. The second kappa shape index (κ2) is 51.9. The van der Waals surface area contributed by atoms with E-state index in [2.05, 4.69) is 59.8 Å². The molecule has 0 radical (unpaired) electrons. The molecule has 7 rings (SSSR count). The van der Waals surface area contributed by atoms with E-state index in [9.17, 15) is 134 Å². The maximum atomic E-state index is 11.6. The van der Waals surface area contributed by atoms with E-state index in [4.69, 9.17) is 55.2 Å². The third-order valence-electron chi connectivity index (χ3n) is 11.3. The van der Waals surface area contributed by atoms with E-state index < -0.39 is 165 Å². The number of hydrogen-bond donors (Lipinski definition) is 2. The first-order valence-electron chi connectivity index (χ1n) is 30.7. The topological polar surface area (TPSA) is 666 Å². The first-order valence-corrected chi connectivity index (χ1v) is 51.2. The number of hydrogen-bond acceptors (Lipinski definition) is 39. The number of halogens is 10. The van der Waals surface area contributed by atoms with E-state index in [0.29, 0.717) is 49.8 Å². The number of esters is 7. The highest BCUT2D eigenvalue weighted by Gasteiger charge is 2.21. The first kappa shape index (κ1) is 114. The maximum Gasteiger partial charge on any atom is 0.412 e. The third kappa shape index (κ3) is 56.9. The molecule has 0 saturated heterocycles. The molecule has 1 amide bonds. The van der Waals surface area contributed by atoms with Gasteiger partial charge in [0.15, 0.2) is 5.78 Å². The summed E-state index contributed by atoms with van der Waals surface area (Å²) in [7, 11) is -32.4. The molecule has 0 aromatic heterocycles. The van der Waals surface area contributed by atoms with Crippen LogP contribution >= 0.6 is 202 Å². The number of nitrogens with two attached hydrogens (primary N) is 1. The van der Waals surface area contributed by atoms with Crippen molar-refractivity contribution in [2.45, 2.75) is 40.2 Å². The number of nitrogen functional groups attached to an aromatic ring is 1. The number of anilines is 2. The van der Waals surface area contributed by atoms with E-state index in [1.165, 1.54) is 85.8 Å². The number of carbonyl (C=O) groups excluding carboxylic acids is 9. The molecular weight excluding hydrogens is 2710 g/mol. The number of Topliss-reactive ketones (excluding diaryl/α,β-unsaturated/α-hetero) is 1. The smallest absolute Gasteiger partial charge is 0.412 e. The molecule has 0 aliphatic rings. The van der Waals surface area contributed by atoms with Gasteiger partial charge in [-0.3, -0.25) is 43.7 Å². The van der Waals surface area contributed by atoms with Crippen LogP contribution in [0.15, 0.2) is 136 Å². The summed E-state index contributed by atoms with van der Waals surface area (Å²) in [5.41, 5.74) is 6.85. The Morgan fingerprint density at radius 1 is 0.380 bits per heavy atom. The quantitative estimate of drug-likeness (QED) is 0.0151. The van der Waals surface area contributed by atoms with Crippen molar-refractivity contribution in [2.75, 3.05) is 51.3 Å². The van der Waals surface area contributed by atoms with Crippen LogP contribution in [-0.2, 0) is 109 Å². The molecule has 0 unspecified atom stereocenters. The number of aryl methyl sites for hydroxylation is 1. The molecule has 0 saturated carbocycles. The Morgan fingerprint density at radius 2 is 0.702 bits per heavy atom. The van der Waals surface area contributed by atoms with Crippen LogP contribution in [0, 0.1) is 31.9 Å². The van der Waals surface area contributed by atoms with Gasteiger partial charge in [0.2, 0.25) is 0 Å². The third-order valence-corrected chi connectivity index (χ3v) is 22.1. The van der Waals surface area contributed by atoms with Crippen LogP contribution < -0.4 is 44.2 Å². The molecule has 0 atom stereocenters. The Balaban J connectivity index is 0.000000709. The van der Waals surface area contributed by atoms with Crippen molar-refractivity contribution in [1.82, 2.24) is 0 Å². The van der Waals surface area contributed by atoms with Gasteiger partial charge < -0.3 is 75.5 Å². The molecule has 0 fully saturated rings. The van der Waals surface area contributed by atoms with E-state index in [1.807, 2.05) is 136 Å². The molecule has 0 aliphatic heterocycles. The van der Waals surface area contributed by atoms with E-state index in [0.717, 1.165) is 11.6 Å². The summed E-state index contributed by atoms with van der Waals surface area (Å²) in [5, 5.41) is 2.96. The molecule has 0 heterocycles. The molecule has 3 N–H and O–H groups in total. The van der Waals surface area contributed by atoms with E-state index in [1.54, 1.807) is 76.2 Å². The lowest BCUT2D eigenvalue weighted by molar-refractivity contribution is -0.132. The van der Waals surface area contributed by atoms with Gasteiger partial charge in [0, 0.05) is 38.0 Å². The molecule has 57 heteroatoms. The maximum absolute atomic E-state index is 11.6. The highest BCUT2D eigenvalue weighted by Crippen LogP contribution is 2.30. The number of ether oxygens (including phenoxy) is 8. The van der Waals surface area contributed by atoms with Crippen LogP contribution in [0.1, 0.15) is 43.6 Å². The van der Waals surface area contributed by atoms with Crippen molar-refractivity contribution in [1.29, 1.82) is 0 Å². The zero-order chi connectivity index (χ0) is 93.5. The zero-order valence-corrected chi connectivity index (χ0v) is 85.5. The van der Waals surface area contributed by atoms with Gasteiger partial charge in [-0.1, -0.05) is 43.5 Å². The summed E-state index contributed by atoms with van der Waals surface area (Å²) >= 11 is 25.5. The largest absolute Gasteiger partial charge is 0.748 e. The molecular formula is C64H53Br2ClI7N2O38S7-7. The summed E-state index contributed by atoms with van der Waals surface area (Å²) in [4.78, 5) is 100. The predicted octanol–water partition coefficient (Wildman–Crippen LogP) is 8.81. The summed E-state index contributed by atoms with van der Waals surface area (Å²) in [5.74, 6) is -15.1. The van der Waals surface area contributed by atoms with Gasteiger partial charge in [-0.15, -0.1) is 0 Å². The number of nitrogens with one attached hydrogen (secondary N) is 1. The minimum Gasteiger partial charge on any atom is -0.748 e. The molecule has 0 bridgehead atoms. The molecule has 0 aliphatic carbocycles. The highest BCUT2D eigenvalue weighted by molar-refractivity contribution is 14.1. The lowest BCUT2D eigenvalue weighted by Gasteiger charge is -2.19. The molecule has 7 aromatic rings. The SMILES string of the molecule is CC(=O)c1ccc(OC(=O)CS(=O)(=O)[O-])c(I)c1.CC(C)(C)OC(=O)Nc1ccc(OC(=O)CS(=O)(=O)[O-])c(I)c1.Cc1cc(I)ccc1OC(=O)CS(=O)(=O)[O-].Nc1ccc(OC(=O)CS(=O)(=O)[O-])c(I)c1.O=C(CS(=O)(=O)[O-])Oc1cc(Br)cc(I)c1.O=C(CS(=O)(=O)[O-])Oc1ccc(Br)cc1I.O=C(CS(=O)(=O)[O-])Oc1ccc(Cl)cc1I. The monoisotopic (exact) mass is 2760 g/mol. The fourth-order valence-corrected chi connectivity index (χ4v) is 15.9. The van der Waals surface area contributed by atoms with Crippen molar-refractivity contribution < 1.29 is 172 Å². The minimum atomic E-state index is -4.70. The van der Waals surface area contributed by atoms with Gasteiger partial charge in [-0.25, -0.2) is 63.7 Å². The van der Waals surface area contributed by atoms with Crippen LogP contribution in [0.3, 0.4) is 0 Å². The van der Waals surface area contributed by atoms with Crippen molar-refractivity contribution in [3.05, 3.63) is 177 Å². The second-order valence-electron chi connectivity index (χ2n) is 23.1. The summed E-state index contributed by atoms with van der Waals surface area (Å²) in [6, 6.07) is 32.2. The van der Waals surface area contributed by atoms with Crippen molar-refractivity contribution in [2.24, 2.45) is 0 Å². The van der Waals surface area contributed by atoms with E-state index >= 15 is 0 Å². The van der Waals surface area contributed by atoms with Crippen LogP contribution in [0.2, 0.25) is 5.02 Å². The van der Waals surface area contributed by atoms with Crippen molar-refractivity contribution in [3.63, 3.8) is 0 Å². The standard InChI is InChI=1S/C13H16INO7S.C10H9IO6S.C9H9IO5S.2C8H6BrIO5S.C8H6ClIO5S.C8H8INO5S/c1-13(2,3)22-12(17)15-8-4-5-10(9(14)6-8)21-11(16)7-23(18,19)20;1-6(12)7-2-3-9(8(11)4-7)17-10(13)5-18(14,15)16;1-6-4-7(10)2-3-8(6)15-9(11)5-16(12,13)14;9-5-1-6(10)3-7(2-5)15-8(11)4-16(12,13)14;2*9-5-1-2-7(6(10)3-5)15-8(11)4-16(12,13)14;9-6-3-5(10)1-2-7(6)15-8(11)4-16(12,13)14/h4-6H,7H2,1-3H3,(H,15,17)(H,18,19,20);2-4H,5H2,1H3,(H,14,15,16);2-4H,5H2,1H3,(H,12,13,14);3*1-3H,4H2,(H,12,13,14);1-3H,4,10H2,(H,12,13,14)/p-7. The zero-order valence-electron chi connectivity index (χ0n) is 60.8. The van der Waals surface area contributed by atoms with Gasteiger partial charge in [-0.2, -0.15) is 0 Å². The number of amides is 1. The lowest BCUT2D eigenvalue weighted by atomic mass is 10.1. The summed E-state index contributed by atoms with van der Waals surface area (Å²) in [6.45, 7) is 8.28.